The Morgan fingerprint density at radius 2 is 1.86 bits per heavy atom. The number of hydrogen-bond acceptors (Lipinski definition) is 3. The van der Waals surface area contributed by atoms with Crippen LogP contribution in [0.15, 0.2) is 24.3 Å². The molecule has 1 N–H and O–H groups in total. The molecule has 0 aromatic heterocycles. The van der Waals surface area contributed by atoms with E-state index in [-0.39, 0.29) is 12.1 Å². The Morgan fingerprint density at radius 1 is 1.32 bits per heavy atom. The molecule has 118 valence electrons. The highest BCUT2D eigenvalue weighted by Gasteiger charge is 2.30. The van der Waals surface area contributed by atoms with Crippen LogP contribution in [-0.4, -0.2) is 29.8 Å². The summed E-state index contributed by atoms with van der Waals surface area (Å²) in [5, 5.41) is 10.8. The Hall–Kier alpha value is -2.56. The summed E-state index contributed by atoms with van der Waals surface area (Å²) in [6, 6.07) is 5.17. The van der Waals surface area contributed by atoms with E-state index in [0.29, 0.717) is 0 Å². The third-order valence-electron chi connectivity index (χ3n) is 3.03. The number of nitrogens with one attached hydrogen (secondary N) is 1. The van der Waals surface area contributed by atoms with Gasteiger partial charge in [-0.15, -0.1) is 0 Å². The number of nitriles is 1. The number of nitrogens with zero attached hydrogens (tertiary/aromatic N) is 2. The molecule has 0 aliphatic heterocycles. The molecule has 22 heavy (non-hydrogen) atoms. The Labute approximate surface area is 125 Å². The minimum atomic E-state index is -4.47. The van der Waals surface area contributed by atoms with E-state index in [9.17, 15) is 22.8 Å². The molecule has 0 spiro atoms. The lowest BCUT2D eigenvalue weighted by molar-refractivity contribution is -0.143. The maximum absolute atomic E-state index is 12.4. The van der Waals surface area contributed by atoms with Gasteiger partial charge in [0.15, 0.2) is 0 Å². The number of carbonyl (C=O) groups excluding carboxylic acids is 2. The molecule has 0 aliphatic rings. The topological polar surface area (TPSA) is 73.2 Å². The molecule has 1 aromatic rings. The molecule has 0 aliphatic carbocycles. The maximum atomic E-state index is 12.4. The smallest absolute Gasteiger partial charge is 0.334 e. The summed E-state index contributed by atoms with van der Waals surface area (Å²) in [4.78, 5) is 24.7. The molecule has 0 unspecified atom stereocenters. The molecule has 0 radical (unpaired) electrons. The first kappa shape index (κ1) is 17.5. The van der Waals surface area contributed by atoms with Crippen molar-refractivity contribution in [3.8, 4) is 6.07 Å². The van der Waals surface area contributed by atoms with Crippen LogP contribution >= 0.6 is 0 Å². The molecule has 0 fully saturated rings. The number of anilines is 1. The van der Waals surface area contributed by atoms with Crippen LogP contribution in [0, 0.1) is 11.3 Å². The average molecular weight is 313 g/mol. The molecule has 0 saturated heterocycles. The van der Waals surface area contributed by atoms with Gasteiger partial charge in [-0.05, 0) is 31.2 Å². The number of alkyl halides is 3. The predicted octanol–water partition coefficient (Wildman–Crippen LogP) is 2.40. The Morgan fingerprint density at radius 3 is 2.32 bits per heavy atom. The van der Waals surface area contributed by atoms with Crippen LogP contribution in [0.3, 0.4) is 0 Å². The van der Waals surface area contributed by atoms with Crippen LogP contribution in [0.25, 0.3) is 0 Å². The van der Waals surface area contributed by atoms with E-state index in [1.165, 1.54) is 7.05 Å². The van der Waals surface area contributed by atoms with Crippen molar-refractivity contribution < 1.29 is 22.8 Å². The van der Waals surface area contributed by atoms with E-state index in [2.05, 4.69) is 5.32 Å². The lowest BCUT2D eigenvalue weighted by atomic mass is 10.2. The third-order valence-corrected chi connectivity index (χ3v) is 3.03. The Balaban J connectivity index is 2.73. The van der Waals surface area contributed by atoms with Crippen molar-refractivity contribution in [1.29, 1.82) is 5.26 Å². The average Bonchev–Trinajstić information content (AvgIpc) is 2.45. The van der Waals surface area contributed by atoms with Crippen molar-refractivity contribution in [2.75, 3.05) is 12.4 Å². The fourth-order valence-corrected chi connectivity index (χ4v) is 1.56. The largest absolute Gasteiger partial charge is 0.416 e. The number of rotatable bonds is 3. The van der Waals surface area contributed by atoms with Crippen LogP contribution in [-0.2, 0) is 15.8 Å². The van der Waals surface area contributed by atoms with Crippen molar-refractivity contribution in [2.24, 2.45) is 0 Å². The highest BCUT2D eigenvalue weighted by Crippen LogP contribution is 2.29. The molecule has 0 saturated carbocycles. The zero-order valence-corrected chi connectivity index (χ0v) is 11.9. The second-order valence-electron chi connectivity index (χ2n) is 4.66. The maximum Gasteiger partial charge on any atom is 0.416 e. The van der Waals surface area contributed by atoms with E-state index in [0.717, 1.165) is 29.2 Å². The van der Waals surface area contributed by atoms with E-state index in [1.807, 2.05) is 6.07 Å². The normalized spacial score (nSPS) is 12.2. The fraction of sp³-hybridized carbons (Fsp3) is 0.357. The number of carbonyl (C=O) groups is 2. The molecule has 2 amide bonds. The van der Waals surface area contributed by atoms with Gasteiger partial charge >= 0.3 is 18.0 Å². The third kappa shape index (κ3) is 4.48. The van der Waals surface area contributed by atoms with Crippen molar-refractivity contribution in [3.63, 3.8) is 0 Å². The molecular weight excluding hydrogens is 299 g/mol. The Bertz CT molecular complexity index is 591. The second kappa shape index (κ2) is 6.93. The van der Waals surface area contributed by atoms with E-state index >= 15 is 0 Å². The van der Waals surface area contributed by atoms with Crippen molar-refractivity contribution in [1.82, 2.24) is 4.90 Å². The summed E-state index contributed by atoms with van der Waals surface area (Å²) in [6.45, 7) is 1.60. The molecule has 8 heteroatoms. The summed E-state index contributed by atoms with van der Waals surface area (Å²) < 4.78 is 37.2. The van der Waals surface area contributed by atoms with Crippen molar-refractivity contribution >= 4 is 17.5 Å². The number of halogens is 3. The summed E-state index contributed by atoms with van der Waals surface area (Å²) in [5.74, 6) is -1.85. The van der Waals surface area contributed by atoms with Gasteiger partial charge in [-0.3, -0.25) is 9.59 Å². The first-order chi connectivity index (χ1) is 10.2. The van der Waals surface area contributed by atoms with Gasteiger partial charge in [0, 0.05) is 18.8 Å². The van der Waals surface area contributed by atoms with Gasteiger partial charge in [0.05, 0.1) is 18.1 Å². The number of hydrogen-bond donors (Lipinski definition) is 1. The molecule has 0 bridgehead atoms. The predicted molar refractivity (Wildman–Crippen MR) is 72.5 cm³/mol. The van der Waals surface area contributed by atoms with Gasteiger partial charge in [-0.25, -0.2) is 0 Å². The fourth-order valence-electron chi connectivity index (χ4n) is 1.56. The highest BCUT2D eigenvalue weighted by atomic mass is 19.4. The van der Waals surface area contributed by atoms with E-state index in [4.69, 9.17) is 5.26 Å². The standard InChI is InChI=1S/C14H14F3N3O2/c1-9(7-8-18)20(2)13(22)12(21)19-11-5-3-10(4-6-11)14(15,16)17/h3-6,9H,7H2,1-2H3,(H,19,21)/t9-/m0/s1. The Kier molecular flexibility index (Phi) is 5.51. The van der Waals surface area contributed by atoms with Crippen LogP contribution in [0.1, 0.15) is 18.9 Å². The molecule has 1 atom stereocenters. The van der Waals surface area contributed by atoms with Crippen LogP contribution < -0.4 is 5.32 Å². The first-order valence-electron chi connectivity index (χ1n) is 6.29. The van der Waals surface area contributed by atoms with E-state index in [1.54, 1.807) is 6.92 Å². The molecule has 1 rings (SSSR count). The monoisotopic (exact) mass is 313 g/mol. The van der Waals surface area contributed by atoms with Gasteiger partial charge in [-0.2, -0.15) is 18.4 Å². The van der Waals surface area contributed by atoms with Gasteiger partial charge in [0.1, 0.15) is 0 Å². The SMILES string of the molecule is C[C@@H](CC#N)N(C)C(=O)C(=O)Nc1ccc(C(F)(F)F)cc1. The summed E-state index contributed by atoms with van der Waals surface area (Å²) in [5.41, 5.74) is -0.774. The number of likely N-dealkylation sites (N-methyl/N-ethyl adjacent to an activating group) is 1. The van der Waals surface area contributed by atoms with Crippen LogP contribution in [0.4, 0.5) is 18.9 Å². The summed E-state index contributed by atoms with van der Waals surface area (Å²) >= 11 is 0. The first-order valence-corrected chi connectivity index (χ1v) is 6.29. The zero-order chi connectivity index (χ0) is 16.9. The minimum absolute atomic E-state index is 0.0653. The van der Waals surface area contributed by atoms with Gasteiger partial charge in [0.25, 0.3) is 0 Å². The minimum Gasteiger partial charge on any atom is -0.334 e. The number of benzene rings is 1. The van der Waals surface area contributed by atoms with Crippen LogP contribution in [0.2, 0.25) is 0 Å². The van der Waals surface area contributed by atoms with E-state index < -0.39 is 29.6 Å². The van der Waals surface area contributed by atoms with Gasteiger partial charge in [0.2, 0.25) is 0 Å². The molecule has 1 aromatic carbocycles. The number of amides is 2. The lowest BCUT2D eigenvalue weighted by Crippen LogP contribution is -2.42. The van der Waals surface area contributed by atoms with Crippen LogP contribution in [0.5, 0.6) is 0 Å². The molecule has 0 heterocycles. The zero-order valence-electron chi connectivity index (χ0n) is 11.9. The summed E-state index contributed by atoms with van der Waals surface area (Å²) in [7, 11) is 1.37. The second-order valence-corrected chi connectivity index (χ2v) is 4.66. The van der Waals surface area contributed by atoms with Crippen molar-refractivity contribution in [3.05, 3.63) is 29.8 Å². The quantitative estimate of drug-likeness (QED) is 0.871. The summed E-state index contributed by atoms with van der Waals surface area (Å²) in [6.07, 6.45) is -4.40. The van der Waals surface area contributed by atoms with Gasteiger partial charge < -0.3 is 10.2 Å². The lowest BCUT2D eigenvalue weighted by Gasteiger charge is -2.22. The molecule has 5 nitrogen and oxygen atoms in total. The van der Waals surface area contributed by atoms with Crippen molar-refractivity contribution in [2.45, 2.75) is 25.6 Å². The molecular formula is C14H14F3N3O2. The van der Waals surface area contributed by atoms with Gasteiger partial charge in [-0.1, -0.05) is 0 Å². The highest BCUT2D eigenvalue weighted by molar-refractivity contribution is 6.39.